The normalized spacial score (nSPS) is 12.2. The van der Waals surface area contributed by atoms with Crippen LogP contribution in [0.1, 0.15) is 0 Å². The number of imidazole rings is 1. The molecule has 5 heterocycles. The lowest BCUT2D eigenvalue weighted by Gasteiger charge is -2.12. The molecular formula is C38H23N5. The number of hydrogen-bond donors (Lipinski definition) is 0. The standard InChI is InChI=1S/C38H23N5/c1-3-9-24(10-4-1)42-31-14-8-7-13-26(31)29-15-16-30-34-32(43(37(30)36(29)42)25-11-5-2-6-12-25)18-17-28-27-19-20-39-23-33(27)41-22-21-40-38(41)35(28)34/h1-23H. The second kappa shape index (κ2) is 8.30. The van der Waals surface area contributed by atoms with Gasteiger partial charge >= 0.3 is 0 Å². The van der Waals surface area contributed by atoms with Gasteiger partial charge in [-0.1, -0.05) is 72.8 Å². The van der Waals surface area contributed by atoms with Crippen molar-refractivity contribution in [2.45, 2.75) is 0 Å². The lowest BCUT2D eigenvalue weighted by Crippen LogP contribution is -1.98. The maximum absolute atomic E-state index is 4.92. The molecule has 0 bridgehead atoms. The van der Waals surface area contributed by atoms with E-state index in [0.717, 1.165) is 38.8 Å². The molecule has 0 amide bonds. The Hall–Kier alpha value is -5.94. The van der Waals surface area contributed by atoms with Crippen LogP contribution < -0.4 is 0 Å². The third-order valence-electron chi connectivity index (χ3n) is 8.97. The van der Waals surface area contributed by atoms with E-state index in [1.165, 1.54) is 43.5 Å². The number of rotatable bonds is 2. The van der Waals surface area contributed by atoms with Gasteiger partial charge in [0.25, 0.3) is 0 Å². The van der Waals surface area contributed by atoms with Crippen molar-refractivity contribution in [3.8, 4) is 11.4 Å². The van der Waals surface area contributed by atoms with Crippen molar-refractivity contribution in [3.05, 3.63) is 140 Å². The van der Waals surface area contributed by atoms with Crippen LogP contribution in [-0.4, -0.2) is 23.5 Å². The molecule has 200 valence electrons. The van der Waals surface area contributed by atoms with Gasteiger partial charge in [0.1, 0.15) is 5.65 Å². The SMILES string of the molecule is c1ccc(-n2c3ccccc3c3ccc4c5c6c(ccc5n(-c5ccccc5)c4c32)c2ccncc2n2ccnc62)cc1. The monoisotopic (exact) mass is 549 g/mol. The van der Waals surface area contributed by atoms with Crippen molar-refractivity contribution in [3.63, 3.8) is 0 Å². The number of fused-ring (bicyclic) bond motifs is 14. The van der Waals surface area contributed by atoms with Crippen molar-refractivity contribution in [2.75, 3.05) is 0 Å². The van der Waals surface area contributed by atoms with Gasteiger partial charge in [0, 0.05) is 62.3 Å². The minimum absolute atomic E-state index is 0.942. The summed E-state index contributed by atoms with van der Waals surface area (Å²) in [6.07, 6.45) is 7.74. The summed E-state index contributed by atoms with van der Waals surface area (Å²) in [6.45, 7) is 0. The molecule has 5 aromatic heterocycles. The quantitative estimate of drug-likeness (QED) is 0.202. The topological polar surface area (TPSA) is 40.0 Å². The molecule has 0 fully saturated rings. The van der Waals surface area contributed by atoms with Crippen LogP contribution in [0.2, 0.25) is 0 Å². The van der Waals surface area contributed by atoms with E-state index in [1.807, 2.05) is 24.8 Å². The Labute approximate surface area is 245 Å². The Bertz CT molecular complexity index is 2710. The average Bonchev–Trinajstić information content (AvgIpc) is 3.78. The smallest absolute Gasteiger partial charge is 0.145 e. The van der Waals surface area contributed by atoms with Crippen molar-refractivity contribution in [1.29, 1.82) is 0 Å². The van der Waals surface area contributed by atoms with Gasteiger partial charge < -0.3 is 9.13 Å². The third kappa shape index (κ3) is 2.90. The fourth-order valence-electron chi connectivity index (χ4n) is 7.28. The Balaban J connectivity index is 1.54. The summed E-state index contributed by atoms with van der Waals surface area (Å²) in [6, 6.07) is 41.5. The highest BCUT2D eigenvalue weighted by atomic mass is 15.0. The zero-order chi connectivity index (χ0) is 28.1. The molecule has 0 spiro atoms. The van der Waals surface area contributed by atoms with E-state index in [9.17, 15) is 0 Å². The Morgan fingerprint density at radius 2 is 1.09 bits per heavy atom. The summed E-state index contributed by atoms with van der Waals surface area (Å²) in [5.74, 6) is 0. The van der Waals surface area contributed by atoms with Gasteiger partial charge in [-0.15, -0.1) is 0 Å². The molecule has 0 aliphatic carbocycles. The molecule has 10 rings (SSSR count). The van der Waals surface area contributed by atoms with Crippen molar-refractivity contribution in [1.82, 2.24) is 23.5 Å². The Kier molecular flexibility index (Phi) is 4.39. The van der Waals surface area contributed by atoms with E-state index < -0.39 is 0 Å². The highest BCUT2D eigenvalue weighted by Gasteiger charge is 2.23. The van der Waals surface area contributed by atoms with Crippen LogP contribution in [-0.2, 0) is 0 Å². The summed E-state index contributed by atoms with van der Waals surface area (Å²) in [5.41, 5.74) is 9.00. The summed E-state index contributed by atoms with van der Waals surface area (Å²) in [4.78, 5) is 9.36. The molecular weight excluding hydrogens is 526 g/mol. The van der Waals surface area contributed by atoms with E-state index in [-0.39, 0.29) is 0 Å². The van der Waals surface area contributed by atoms with Gasteiger partial charge in [0.2, 0.25) is 0 Å². The van der Waals surface area contributed by atoms with Crippen molar-refractivity contribution >= 4 is 70.9 Å². The fraction of sp³-hybridized carbons (Fsp3) is 0. The van der Waals surface area contributed by atoms with Crippen molar-refractivity contribution in [2.24, 2.45) is 0 Å². The second-order valence-electron chi connectivity index (χ2n) is 11.1. The number of aromatic nitrogens is 5. The molecule has 0 atom stereocenters. The first-order valence-corrected chi connectivity index (χ1v) is 14.5. The summed E-state index contributed by atoms with van der Waals surface area (Å²) >= 11 is 0. The zero-order valence-electron chi connectivity index (χ0n) is 23.0. The predicted molar refractivity (Wildman–Crippen MR) is 177 cm³/mol. The van der Waals surface area contributed by atoms with Crippen LogP contribution in [0.25, 0.3) is 82.3 Å². The predicted octanol–water partition coefficient (Wildman–Crippen LogP) is 9.23. The molecule has 5 nitrogen and oxygen atoms in total. The number of hydrogen-bond acceptors (Lipinski definition) is 2. The maximum Gasteiger partial charge on any atom is 0.145 e. The van der Waals surface area contributed by atoms with Gasteiger partial charge in [0.05, 0.1) is 33.8 Å². The Morgan fingerprint density at radius 1 is 0.442 bits per heavy atom. The lowest BCUT2D eigenvalue weighted by atomic mass is 10.0. The second-order valence-corrected chi connectivity index (χ2v) is 11.1. The third-order valence-corrected chi connectivity index (χ3v) is 8.97. The maximum atomic E-state index is 4.92. The Morgan fingerprint density at radius 3 is 1.91 bits per heavy atom. The molecule has 10 aromatic rings. The van der Waals surface area contributed by atoms with E-state index >= 15 is 0 Å². The van der Waals surface area contributed by atoms with Crippen LogP contribution in [0.3, 0.4) is 0 Å². The molecule has 0 N–H and O–H groups in total. The fourth-order valence-corrected chi connectivity index (χ4v) is 7.28. The molecule has 0 unspecified atom stereocenters. The van der Waals surface area contributed by atoms with Crippen molar-refractivity contribution < 1.29 is 0 Å². The van der Waals surface area contributed by atoms with E-state index in [4.69, 9.17) is 4.98 Å². The molecule has 43 heavy (non-hydrogen) atoms. The summed E-state index contributed by atoms with van der Waals surface area (Å²) in [7, 11) is 0. The summed E-state index contributed by atoms with van der Waals surface area (Å²) in [5, 5.41) is 8.39. The van der Waals surface area contributed by atoms with E-state index in [0.29, 0.717) is 0 Å². The molecule has 5 aromatic carbocycles. The average molecular weight is 550 g/mol. The highest BCUT2D eigenvalue weighted by molar-refractivity contribution is 6.32. The first kappa shape index (κ1) is 22.7. The molecule has 0 saturated heterocycles. The van der Waals surface area contributed by atoms with Crippen LogP contribution in [0.5, 0.6) is 0 Å². The zero-order valence-corrected chi connectivity index (χ0v) is 23.0. The van der Waals surface area contributed by atoms with E-state index in [1.54, 1.807) is 0 Å². The minimum Gasteiger partial charge on any atom is -0.307 e. The van der Waals surface area contributed by atoms with Gasteiger partial charge in [-0.05, 0) is 47.9 Å². The highest BCUT2D eigenvalue weighted by Crippen LogP contribution is 2.45. The molecule has 5 heteroatoms. The summed E-state index contributed by atoms with van der Waals surface area (Å²) < 4.78 is 7.05. The van der Waals surface area contributed by atoms with Gasteiger partial charge in [0.15, 0.2) is 0 Å². The van der Waals surface area contributed by atoms with Crippen LogP contribution in [0.15, 0.2) is 140 Å². The van der Waals surface area contributed by atoms with Gasteiger partial charge in [-0.2, -0.15) is 0 Å². The van der Waals surface area contributed by atoms with Crippen LogP contribution >= 0.6 is 0 Å². The molecule has 0 radical (unpaired) electrons. The minimum atomic E-state index is 0.942. The molecule has 0 aliphatic heterocycles. The lowest BCUT2D eigenvalue weighted by molar-refractivity contribution is 1.15. The van der Waals surface area contributed by atoms with Gasteiger partial charge in [-0.3, -0.25) is 9.38 Å². The first-order chi connectivity index (χ1) is 21.4. The first-order valence-electron chi connectivity index (χ1n) is 14.5. The number of benzene rings is 5. The largest absolute Gasteiger partial charge is 0.307 e. The number of pyridine rings is 2. The van der Waals surface area contributed by atoms with Crippen LogP contribution in [0.4, 0.5) is 0 Å². The van der Waals surface area contributed by atoms with Crippen LogP contribution in [0, 0.1) is 0 Å². The molecule has 0 saturated carbocycles. The molecule has 0 aliphatic rings. The van der Waals surface area contributed by atoms with Gasteiger partial charge in [-0.25, -0.2) is 4.98 Å². The van der Waals surface area contributed by atoms with E-state index in [2.05, 4.69) is 134 Å². The number of para-hydroxylation sites is 3. The number of nitrogens with zero attached hydrogens (tertiary/aromatic N) is 5.